The van der Waals surface area contributed by atoms with Gasteiger partial charge in [-0.05, 0) is 23.9 Å². The molecule has 0 radical (unpaired) electrons. The molecule has 0 spiro atoms. The summed E-state index contributed by atoms with van der Waals surface area (Å²) in [5.74, 6) is 2.22. The predicted octanol–water partition coefficient (Wildman–Crippen LogP) is 3.49. The molecule has 1 N–H and O–H groups in total. The molecule has 0 saturated carbocycles. The van der Waals surface area contributed by atoms with Crippen molar-refractivity contribution in [2.75, 3.05) is 18.1 Å². The maximum atomic E-state index is 3.69. The van der Waals surface area contributed by atoms with Gasteiger partial charge in [0, 0.05) is 29.5 Å². The van der Waals surface area contributed by atoms with E-state index >= 15 is 0 Å². The zero-order chi connectivity index (χ0) is 10.2. The minimum absolute atomic E-state index is 0. The highest BCUT2D eigenvalue weighted by atomic mass is 35.5. The van der Waals surface area contributed by atoms with Crippen LogP contribution in [-0.4, -0.2) is 18.1 Å². The van der Waals surface area contributed by atoms with Gasteiger partial charge in [0.05, 0.1) is 0 Å². The summed E-state index contributed by atoms with van der Waals surface area (Å²) in [6.45, 7) is 7.95. The lowest BCUT2D eigenvalue weighted by molar-refractivity contribution is 0.738. The van der Waals surface area contributed by atoms with E-state index in [2.05, 4.69) is 30.3 Å². The van der Waals surface area contributed by atoms with Gasteiger partial charge in [0.2, 0.25) is 0 Å². The van der Waals surface area contributed by atoms with Gasteiger partial charge in [0.15, 0.2) is 0 Å². The van der Waals surface area contributed by atoms with Gasteiger partial charge in [-0.3, -0.25) is 0 Å². The molecule has 1 nitrogen and oxygen atoms in total. The summed E-state index contributed by atoms with van der Waals surface area (Å²) in [7, 11) is 0. The van der Waals surface area contributed by atoms with E-state index in [1.807, 2.05) is 29.2 Å². The molecule has 0 aromatic carbocycles. The molecule has 1 aromatic rings. The molecule has 0 saturated heterocycles. The Hall–Kier alpha value is 0.0400. The summed E-state index contributed by atoms with van der Waals surface area (Å²) in [5, 5.41) is 5.59. The van der Waals surface area contributed by atoms with Crippen LogP contribution < -0.4 is 5.32 Å². The quantitative estimate of drug-likeness (QED) is 0.597. The monoisotopic (exact) mass is 263 g/mol. The molecule has 1 aromatic heterocycles. The van der Waals surface area contributed by atoms with Crippen molar-refractivity contribution in [3.8, 4) is 0 Å². The van der Waals surface area contributed by atoms with E-state index in [1.54, 1.807) is 0 Å². The number of hydrogen-bond donors (Lipinski definition) is 1. The van der Waals surface area contributed by atoms with Crippen LogP contribution in [0.3, 0.4) is 0 Å². The molecule has 0 aliphatic rings. The topological polar surface area (TPSA) is 12.0 Å². The van der Waals surface area contributed by atoms with Gasteiger partial charge in [-0.15, -0.1) is 30.3 Å². The second-order valence-corrected chi connectivity index (χ2v) is 5.22. The maximum absolute atomic E-state index is 3.69. The summed E-state index contributed by atoms with van der Waals surface area (Å²) in [5.41, 5.74) is 1.40. The summed E-state index contributed by atoms with van der Waals surface area (Å²) in [6.07, 6.45) is 1.95. The Balaban J connectivity index is 0.00000196. The van der Waals surface area contributed by atoms with Gasteiger partial charge in [-0.2, -0.15) is 11.8 Å². The molecule has 1 heterocycles. The van der Waals surface area contributed by atoms with Crippen LogP contribution in [0.15, 0.2) is 24.1 Å². The third kappa shape index (κ3) is 6.25. The van der Waals surface area contributed by atoms with Crippen LogP contribution in [0.1, 0.15) is 10.4 Å². The highest BCUT2D eigenvalue weighted by Gasteiger charge is 1.97. The van der Waals surface area contributed by atoms with E-state index in [0.29, 0.717) is 0 Å². The van der Waals surface area contributed by atoms with Crippen molar-refractivity contribution in [2.45, 2.75) is 13.5 Å². The summed E-state index contributed by atoms with van der Waals surface area (Å²) >= 11 is 3.75. The Kier molecular flexibility index (Phi) is 9.30. The van der Waals surface area contributed by atoms with E-state index in [9.17, 15) is 0 Å². The van der Waals surface area contributed by atoms with Crippen molar-refractivity contribution >= 4 is 35.5 Å². The van der Waals surface area contributed by atoms with Crippen LogP contribution in [0.25, 0.3) is 0 Å². The van der Waals surface area contributed by atoms with Gasteiger partial charge >= 0.3 is 0 Å². The van der Waals surface area contributed by atoms with E-state index < -0.39 is 0 Å². The lowest BCUT2D eigenvalue weighted by atomic mass is 10.3. The highest BCUT2D eigenvalue weighted by molar-refractivity contribution is 7.99. The molecule has 15 heavy (non-hydrogen) atoms. The van der Waals surface area contributed by atoms with Crippen LogP contribution >= 0.6 is 35.5 Å². The summed E-state index contributed by atoms with van der Waals surface area (Å²) in [6, 6.07) is 2.17. The van der Waals surface area contributed by atoms with Gasteiger partial charge in [-0.25, -0.2) is 0 Å². The fraction of sp³-hybridized carbons (Fsp3) is 0.455. The van der Waals surface area contributed by atoms with Gasteiger partial charge in [-0.1, -0.05) is 6.08 Å². The molecule has 4 heteroatoms. The minimum Gasteiger partial charge on any atom is -0.311 e. The molecule has 0 fully saturated rings. The van der Waals surface area contributed by atoms with E-state index in [1.165, 1.54) is 10.4 Å². The molecule has 1 rings (SSSR count). The molecule has 0 atom stereocenters. The second kappa shape index (κ2) is 9.28. The van der Waals surface area contributed by atoms with E-state index in [4.69, 9.17) is 0 Å². The number of halogens is 1. The lowest BCUT2D eigenvalue weighted by Crippen LogP contribution is -2.16. The molecule has 0 unspecified atom stereocenters. The van der Waals surface area contributed by atoms with Crippen LogP contribution in [-0.2, 0) is 6.54 Å². The first-order chi connectivity index (χ1) is 6.84. The Morgan fingerprint density at radius 1 is 1.60 bits per heavy atom. The number of thiophene rings is 1. The van der Waals surface area contributed by atoms with Crippen LogP contribution in [0, 0.1) is 6.92 Å². The minimum atomic E-state index is 0. The first-order valence-corrected chi connectivity index (χ1v) is 6.80. The van der Waals surface area contributed by atoms with Crippen molar-refractivity contribution in [3.05, 3.63) is 34.5 Å². The largest absolute Gasteiger partial charge is 0.311 e. The Bertz CT molecular complexity index is 273. The second-order valence-electron chi connectivity index (χ2n) is 3.07. The standard InChI is InChI=1S/C11H17NS2.ClH/c1-3-6-13-8-5-12-9-11-10(2)4-7-14-11;/h3-4,7,12H,1,5-6,8-9H2,2H3;1H. The Morgan fingerprint density at radius 3 is 3.00 bits per heavy atom. The first-order valence-electron chi connectivity index (χ1n) is 4.77. The molecule has 0 amide bonds. The number of hydrogen-bond acceptors (Lipinski definition) is 3. The molecule has 0 aliphatic heterocycles. The number of rotatable bonds is 7. The molecule has 86 valence electrons. The number of aryl methyl sites for hydroxylation is 1. The van der Waals surface area contributed by atoms with Crippen LogP contribution in [0.2, 0.25) is 0 Å². The van der Waals surface area contributed by atoms with E-state index in [0.717, 1.165) is 24.6 Å². The lowest BCUT2D eigenvalue weighted by Gasteiger charge is -2.02. The Morgan fingerprint density at radius 2 is 2.40 bits per heavy atom. The fourth-order valence-corrected chi connectivity index (χ4v) is 2.60. The SMILES string of the molecule is C=CCSCCNCc1sccc1C.Cl. The third-order valence-electron chi connectivity index (χ3n) is 1.91. The van der Waals surface area contributed by atoms with Gasteiger partial charge in [0.1, 0.15) is 0 Å². The highest BCUT2D eigenvalue weighted by Crippen LogP contribution is 2.14. The zero-order valence-corrected chi connectivity index (χ0v) is 11.4. The predicted molar refractivity (Wildman–Crippen MR) is 75.5 cm³/mol. The molecule has 0 aliphatic carbocycles. The van der Waals surface area contributed by atoms with Crippen molar-refractivity contribution < 1.29 is 0 Å². The van der Waals surface area contributed by atoms with Crippen LogP contribution in [0.5, 0.6) is 0 Å². The fourth-order valence-electron chi connectivity index (χ4n) is 1.10. The van der Waals surface area contributed by atoms with Crippen molar-refractivity contribution in [1.29, 1.82) is 0 Å². The van der Waals surface area contributed by atoms with Crippen molar-refractivity contribution in [2.24, 2.45) is 0 Å². The molecular weight excluding hydrogens is 246 g/mol. The average Bonchev–Trinajstić information content (AvgIpc) is 2.58. The summed E-state index contributed by atoms with van der Waals surface area (Å²) < 4.78 is 0. The Labute approximate surface area is 107 Å². The van der Waals surface area contributed by atoms with Gasteiger partial charge < -0.3 is 5.32 Å². The zero-order valence-electron chi connectivity index (χ0n) is 8.99. The van der Waals surface area contributed by atoms with Crippen molar-refractivity contribution in [3.63, 3.8) is 0 Å². The third-order valence-corrected chi connectivity index (χ3v) is 3.90. The summed E-state index contributed by atoms with van der Waals surface area (Å²) in [4.78, 5) is 1.46. The number of nitrogens with one attached hydrogen (secondary N) is 1. The van der Waals surface area contributed by atoms with E-state index in [-0.39, 0.29) is 12.4 Å². The normalized spacial score (nSPS) is 9.67. The average molecular weight is 264 g/mol. The van der Waals surface area contributed by atoms with Crippen molar-refractivity contribution in [1.82, 2.24) is 5.32 Å². The van der Waals surface area contributed by atoms with Gasteiger partial charge in [0.25, 0.3) is 0 Å². The number of thioether (sulfide) groups is 1. The maximum Gasteiger partial charge on any atom is 0.0302 e. The molecular formula is C11H18ClNS2. The first kappa shape index (κ1) is 15.0. The molecule has 0 bridgehead atoms. The smallest absolute Gasteiger partial charge is 0.0302 e. The van der Waals surface area contributed by atoms with Crippen LogP contribution in [0.4, 0.5) is 0 Å².